The monoisotopic (exact) mass is 222 g/mol. The van der Waals surface area contributed by atoms with Gasteiger partial charge in [0.25, 0.3) is 0 Å². The van der Waals surface area contributed by atoms with Crippen molar-refractivity contribution in [2.24, 2.45) is 0 Å². The molecule has 0 amide bonds. The van der Waals surface area contributed by atoms with E-state index in [9.17, 15) is 5.11 Å². The van der Waals surface area contributed by atoms with Gasteiger partial charge >= 0.3 is 0 Å². The molecule has 2 rings (SSSR count). The van der Waals surface area contributed by atoms with Gasteiger partial charge in [0.15, 0.2) is 0 Å². The maximum Gasteiger partial charge on any atom is 0.124 e. The van der Waals surface area contributed by atoms with Gasteiger partial charge in [0, 0.05) is 18.1 Å². The highest BCUT2D eigenvalue weighted by atomic mass is 16.5. The lowest BCUT2D eigenvalue weighted by atomic mass is 9.95. The van der Waals surface area contributed by atoms with Crippen molar-refractivity contribution in [3.05, 3.63) is 29.3 Å². The third kappa shape index (κ3) is 2.20. The topological polar surface area (TPSA) is 38.7 Å². The van der Waals surface area contributed by atoms with Crippen LogP contribution >= 0.6 is 0 Å². The molecule has 2 atom stereocenters. The summed E-state index contributed by atoms with van der Waals surface area (Å²) < 4.78 is 10.6. The van der Waals surface area contributed by atoms with E-state index in [2.05, 4.69) is 6.07 Å². The van der Waals surface area contributed by atoms with Crippen molar-refractivity contribution in [3.63, 3.8) is 0 Å². The Kier molecular flexibility index (Phi) is 3.46. The Labute approximate surface area is 96.0 Å². The van der Waals surface area contributed by atoms with E-state index in [1.54, 1.807) is 14.0 Å². The van der Waals surface area contributed by atoms with E-state index in [0.29, 0.717) is 5.92 Å². The van der Waals surface area contributed by atoms with Crippen LogP contribution in [0.1, 0.15) is 36.5 Å². The van der Waals surface area contributed by atoms with Gasteiger partial charge in [0.05, 0.1) is 19.8 Å². The van der Waals surface area contributed by atoms with Gasteiger partial charge in [-0.05, 0) is 31.0 Å². The van der Waals surface area contributed by atoms with Crippen LogP contribution < -0.4 is 4.74 Å². The van der Waals surface area contributed by atoms with Crippen LogP contribution in [0, 0.1) is 0 Å². The van der Waals surface area contributed by atoms with E-state index in [1.165, 1.54) is 5.56 Å². The maximum absolute atomic E-state index is 9.69. The minimum Gasteiger partial charge on any atom is -0.496 e. The van der Waals surface area contributed by atoms with E-state index < -0.39 is 6.10 Å². The number of benzene rings is 1. The zero-order valence-corrected chi connectivity index (χ0v) is 9.77. The average Bonchev–Trinajstić information content (AvgIpc) is 2.81. The summed E-state index contributed by atoms with van der Waals surface area (Å²) >= 11 is 0. The Bertz CT molecular complexity index is 354. The third-order valence-corrected chi connectivity index (χ3v) is 3.10. The SMILES string of the molecule is COc1ccc(C2CCOC2)cc1C(C)O. The Balaban J connectivity index is 2.30. The van der Waals surface area contributed by atoms with Crippen LogP contribution in [0.15, 0.2) is 18.2 Å². The summed E-state index contributed by atoms with van der Waals surface area (Å²) in [5.74, 6) is 1.21. The van der Waals surface area contributed by atoms with Crippen LogP contribution in [-0.4, -0.2) is 25.4 Å². The lowest BCUT2D eigenvalue weighted by Crippen LogP contribution is -2.02. The zero-order valence-electron chi connectivity index (χ0n) is 9.77. The van der Waals surface area contributed by atoms with Crippen LogP contribution in [0.4, 0.5) is 0 Å². The van der Waals surface area contributed by atoms with Gasteiger partial charge in [-0.2, -0.15) is 0 Å². The van der Waals surface area contributed by atoms with Gasteiger partial charge in [-0.3, -0.25) is 0 Å². The van der Waals surface area contributed by atoms with E-state index in [0.717, 1.165) is 30.9 Å². The van der Waals surface area contributed by atoms with Gasteiger partial charge in [-0.25, -0.2) is 0 Å². The normalized spacial score (nSPS) is 22.1. The third-order valence-electron chi connectivity index (χ3n) is 3.10. The Morgan fingerprint density at radius 3 is 2.88 bits per heavy atom. The molecule has 3 nitrogen and oxygen atoms in total. The standard InChI is InChI=1S/C13H18O3/c1-9(14)12-7-10(3-4-13(12)15-2)11-5-6-16-8-11/h3-4,7,9,11,14H,5-6,8H2,1-2H3. The molecule has 1 aliphatic heterocycles. The molecule has 1 heterocycles. The molecule has 0 radical (unpaired) electrons. The van der Waals surface area contributed by atoms with Crippen molar-refractivity contribution in [1.82, 2.24) is 0 Å². The van der Waals surface area contributed by atoms with Gasteiger partial charge in [-0.15, -0.1) is 0 Å². The molecule has 1 aromatic rings. The van der Waals surface area contributed by atoms with Crippen LogP contribution in [-0.2, 0) is 4.74 Å². The minimum atomic E-state index is -0.503. The molecule has 3 heteroatoms. The zero-order chi connectivity index (χ0) is 11.5. The summed E-state index contributed by atoms with van der Waals surface area (Å²) in [7, 11) is 1.62. The number of aliphatic hydroxyl groups excluding tert-OH is 1. The molecule has 1 aromatic carbocycles. The summed E-state index contributed by atoms with van der Waals surface area (Å²) in [6.07, 6.45) is 0.559. The number of hydrogen-bond donors (Lipinski definition) is 1. The predicted octanol–water partition coefficient (Wildman–Crippen LogP) is 2.25. The van der Waals surface area contributed by atoms with E-state index in [4.69, 9.17) is 9.47 Å². The number of hydrogen-bond acceptors (Lipinski definition) is 3. The number of rotatable bonds is 3. The fraction of sp³-hybridized carbons (Fsp3) is 0.538. The van der Waals surface area contributed by atoms with Crippen LogP contribution in [0.25, 0.3) is 0 Å². The number of ether oxygens (including phenoxy) is 2. The average molecular weight is 222 g/mol. The second kappa shape index (κ2) is 4.85. The Morgan fingerprint density at radius 2 is 2.31 bits per heavy atom. The van der Waals surface area contributed by atoms with Crippen LogP contribution in [0.2, 0.25) is 0 Å². The maximum atomic E-state index is 9.69. The number of aliphatic hydroxyl groups is 1. The fourth-order valence-electron chi connectivity index (χ4n) is 2.13. The van der Waals surface area contributed by atoms with Crippen molar-refractivity contribution >= 4 is 0 Å². The first kappa shape index (κ1) is 11.4. The largest absolute Gasteiger partial charge is 0.496 e. The summed E-state index contributed by atoms with van der Waals surface area (Å²) in [4.78, 5) is 0. The van der Waals surface area contributed by atoms with Crippen LogP contribution in [0.3, 0.4) is 0 Å². The molecule has 0 saturated carbocycles. The Hall–Kier alpha value is -1.06. The van der Waals surface area contributed by atoms with E-state index in [-0.39, 0.29) is 0 Å². The molecule has 2 unspecified atom stereocenters. The molecule has 1 saturated heterocycles. The van der Waals surface area contributed by atoms with Crippen LogP contribution in [0.5, 0.6) is 5.75 Å². The predicted molar refractivity (Wildman–Crippen MR) is 61.8 cm³/mol. The molecule has 16 heavy (non-hydrogen) atoms. The first-order chi connectivity index (χ1) is 7.72. The summed E-state index contributed by atoms with van der Waals surface area (Å²) in [5.41, 5.74) is 2.08. The van der Waals surface area contributed by atoms with E-state index >= 15 is 0 Å². The van der Waals surface area contributed by atoms with Gasteiger partial charge in [0.2, 0.25) is 0 Å². The Morgan fingerprint density at radius 1 is 1.50 bits per heavy atom. The van der Waals surface area contributed by atoms with Crippen molar-refractivity contribution in [2.75, 3.05) is 20.3 Å². The second-order valence-electron chi connectivity index (χ2n) is 4.24. The molecule has 1 aliphatic rings. The molecule has 1 fully saturated rings. The molecule has 88 valence electrons. The highest BCUT2D eigenvalue weighted by molar-refractivity contribution is 5.40. The molecule has 0 bridgehead atoms. The second-order valence-corrected chi connectivity index (χ2v) is 4.24. The molecular formula is C13H18O3. The molecule has 1 N–H and O–H groups in total. The lowest BCUT2D eigenvalue weighted by molar-refractivity contribution is 0.191. The summed E-state index contributed by atoms with van der Waals surface area (Å²) in [5, 5.41) is 9.69. The molecule has 0 aromatic heterocycles. The van der Waals surface area contributed by atoms with Gasteiger partial charge < -0.3 is 14.6 Å². The highest BCUT2D eigenvalue weighted by Crippen LogP contribution is 2.32. The van der Waals surface area contributed by atoms with E-state index in [1.807, 2.05) is 12.1 Å². The van der Waals surface area contributed by atoms with Crippen molar-refractivity contribution in [3.8, 4) is 5.75 Å². The molecular weight excluding hydrogens is 204 g/mol. The van der Waals surface area contributed by atoms with Crippen molar-refractivity contribution < 1.29 is 14.6 Å². The lowest BCUT2D eigenvalue weighted by Gasteiger charge is -2.15. The summed E-state index contributed by atoms with van der Waals surface area (Å²) in [6, 6.07) is 6.02. The van der Waals surface area contributed by atoms with Crippen molar-refractivity contribution in [1.29, 1.82) is 0 Å². The minimum absolute atomic E-state index is 0.461. The first-order valence-electron chi connectivity index (χ1n) is 5.66. The van der Waals surface area contributed by atoms with Crippen molar-refractivity contribution in [2.45, 2.75) is 25.4 Å². The smallest absolute Gasteiger partial charge is 0.124 e. The molecule has 0 aliphatic carbocycles. The van der Waals surface area contributed by atoms with Gasteiger partial charge in [-0.1, -0.05) is 6.07 Å². The molecule has 0 spiro atoms. The number of methoxy groups -OCH3 is 1. The fourth-order valence-corrected chi connectivity index (χ4v) is 2.13. The highest BCUT2D eigenvalue weighted by Gasteiger charge is 2.19. The summed E-state index contributed by atoms with van der Waals surface area (Å²) in [6.45, 7) is 3.37. The quantitative estimate of drug-likeness (QED) is 0.852. The first-order valence-corrected chi connectivity index (χ1v) is 5.66. The van der Waals surface area contributed by atoms with Gasteiger partial charge in [0.1, 0.15) is 5.75 Å².